The van der Waals surface area contributed by atoms with Gasteiger partial charge in [0.05, 0.1) is 12.5 Å². The number of carbonyl (C=O) groups is 2. The van der Waals surface area contributed by atoms with Crippen molar-refractivity contribution in [1.29, 1.82) is 0 Å². The number of thioether (sulfide) groups is 1. The van der Waals surface area contributed by atoms with Crippen molar-refractivity contribution in [2.75, 3.05) is 12.3 Å². The zero-order chi connectivity index (χ0) is 13.1. The van der Waals surface area contributed by atoms with Gasteiger partial charge in [-0.2, -0.15) is 0 Å². The molecule has 0 saturated carbocycles. The molecule has 1 heterocycles. The highest BCUT2D eigenvalue weighted by Crippen LogP contribution is 2.39. The topological polar surface area (TPSA) is 86.6 Å². The maximum Gasteiger partial charge on any atom is 0.334 e. The van der Waals surface area contributed by atoms with E-state index in [0.29, 0.717) is 5.75 Å². The number of carbonyl (C=O) groups excluding carboxylic acids is 1. The molecule has 1 amide bonds. The molecule has 1 aliphatic rings. The average molecular weight is 267 g/mol. The fraction of sp³-hybridized carbons (Fsp3) is 0.333. The molecule has 1 aliphatic heterocycles. The molecular formula is C12H13NO4S. The molecular weight excluding hydrogens is 254 g/mol. The van der Waals surface area contributed by atoms with Gasteiger partial charge in [-0.1, -0.05) is 18.2 Å². The molecule has 96 valence electrons. The number of hydrogen-bond acceptors (Lipinski definition) is 4. The molecule has 18 heavy (non-hydrogen) atoms. The van der Waals surface area contributed by atoms with Gasteiger partial charge in [-0.05, 0) is 11.6 Å². The molecule has 0 aromatic heterocycles. The largest absolute Gasteiger partial charge is 0.479 e. The first-order valence-corrected chi connectivity index (χ1v) is 6.48. The maximum atomic E-state index is 11.9. The van der Waals surface area contributed by atoms with E-state index in [-0.39, 0.29) is 18.4 Å². The lowest BCUT2D eigenvalue weighted by atomic mass is 10.0. The molecule has 0 bridgehead atoms. The number of fused-ring (bicyclic) bond motifs is 1. The van der Waals surface area contributed by atoms with Gasteiger partial charge in [0, 0.05) is 10.6 Å². The van der Waals surface area contributed by atoms with Gasteiger partial charge in [-0.25, -0.2) is 4.79 Å². The summed E-state index contributed by atoms with van der Waals surface area (Å²) in [4.78, 5) is 23.4. The second-order valence-electron chi connectivity index (χ2n) is 4.00. The van der Waals surface area contributed by atoms with Gasteiger partial charge in [-0.3, -0.25) is 4.79 Å². The summed E-state index contributed by atoms with van der Waals surface area (Å²) in [5.74, 6) is -1.20. The molecule has 6 heteroatoms. The Morgan fingerprint density at radius 3 is 2.89 bits per heavy atom. The summed E-state index contributed by atoms with van der Waals surface area (Å²) >= 11 is 1.61. The van der Waals surface area contributed by atoms with Gasteiger partial charge in [0.15, 0.2) is 6.10 Å². The van der Waals surface area contributed by atoms with E-state index in [1.807, 2.05) is 24.3 Å². The minimum atomic E-state index is -1.56. The molecule has 0 saturated heterocycles. The first-order valence-electron chi connectivity index (χ1n) is 5.50. The molecule has 1 aromatic carbocycles. The Labute approximate surface area is 108 Å². The third kappa shape index (κ3) is 2.65. The summed E-state index contributed by atoms with van der Waals surface area (Å²) in [6, 6.07) is 7.64. The standard InChI is InChI=1S/C12H13NO4S/c14-9(12(16)17)5-13-11(15)8-6-18-10-4-2-1-3-7(8)10/h1-4,8-9,14H,5-6H2,(H,13,15)(H,16,17). The van der Waals surface area contributed by atoms with Gasteiger partial charge in [0.1, 0.15) is 0 Å². The van der Waals surface area contributed by atoms with E-state index in [9.17, 15) is 9.59 Å². The van der Waals surface area contributed by atoms with E-state index >= 15 is 0 Å². The van der Waals surface area contributed by atoms with Gasteiger partial charge >= 0.3 is 5.97 Å². The quantitative estimate of drug-likeness (QED) is 0.737. The summed E-state index contributed by atoms with van der Waals surface area (Å²) in [6.07, 6.45) is -1.56. The highest BCUT2D eigenvalue weighted by molar-refractivity contribution is 7.99. The molecule has 5 nitrogen and oxygen atoms in total. The Balaban J connectivity index is 1.97. The molecule has 3 N–H and O–H groups in total. The third-order valence-electron chi connectivity index (χ3n) is 2.77. The normalized spacial score (nSPS) is 19.1. The molecule has 2 unspecified atom stereocenters. The minimum absolute atomic E-state index is 0.243. The number of aliphatic hydroxyl groups excluding tert-OH is 1. The number of nitrogens with one attached hydrogen (secondary N) is 1. The second-order valence-corrected chi connectivity index (χ2v) is 5.06. The van der Waals surface area contributed by atoms with Gasteiger partial charge in [0.25, 0.3) is 0 Å². The van der Waals surface area contributed by atoms with Crippen molar-refractivity contribution in [2.24, 2.45) is 0 Å². The minimum Gasteiger partial charge on any atom is -0.479 e. The van der Waals surface area contributed by atoms with Crippen LogP contribution in [-0.4, -0.2) is 40.5 Å². The van der Waals surface area contributed by atoms with Gasteiger partial charge in [-0.15, -0.1) is 11.8 Å². The smallest absolute Gasteiger partial charge is 0.334 e. The highest BCUT2D eigenvalue weighted by atomic mass is 32.2. The van der Waals surface area contributed by atoms with E-state index in [2.05, 4.69) is 5.32 Å². The van der Waals surface area contributed by atoms with E-state index in [4.69, 9.17) is 10.2 Å². The Morgan fingerprint density at radius 1 is 1.44 bits per heavy atom. The number of amides is 1. The van der Waals surface area contributed by atoms with Crippen LogP contribution in [0, 0.1) is 0 Å². The summed E-state index contributed by atoms with van der Waals surface area (Å²) < 4.78 is 0. The number of benzene rings is 1. The van der Waals surface area contributed by atoms with Crippen LogP contribution in [-0.2, 0) is 9.59 Å². The van der Waals surface area contributed by atoms with Crippen LogP contribution in [0.3, 0.4) is 0 Å². The van der Waals surface area contributed by atoms with Crippen molar-refractivity contribution in [3.63, 3.8) is 0 Å². The summed E-state index contributed by atoms with van der Waals surface area (Å²) in [5.41, 5.74) is 0.963. The van der Waals surface area contributed by atoms with Crippen LogP contribution in [0.25, 0.3) is 0 Å². The van der Waals surface area contributed by atoms with Crippen LogP contribution in [0.5, 0.6) is 0 Å². The molecule has 2 atom stereocenters. The Hall–Kier alpha value is -1.53. The second kappa shape index (κ2) is 5.41. The van der Waals surface area contributed by atoms with Gasteiger partial charge in [0.2, 0.25) is 5.91 Å². The van der Waals surface area contributed by atoms with E-state index in [0.717, 1.165) is 10.5 Å². The number of rotatable bonds is 4. The van der Waals surface area contributed by atoms with Crippen molar-refractivity contribution >= 4 is 23.6 Å². The predicted molar refractivity (Wildman–Crippen MR) is 66.6 cm³/mol. The molecule has 1 aromatic rings. The average Bonchev–Trinajstić information content (AvgIpc) is 2.79. The monoisotopic (exact) mass is 267 g/mol. The molecule has 0 radical (unpaired) electrons. The van der Waals surface area contributed by atoms with Gasteiger partial charge < -0.3 is 15.5 Å². The van der Waals surface area contributed by atoms with Crippen molar-refractivity contribution in [3.8, 4) is 0 Å². The Kier molecular flexibility index (Phi) is 3.88. The zero-order valence-electron chi connectivity index (χ0n) is 9.50. The summed E-state index contributed by atoms with van der Waals surface area (Å²) in [6.45, 7) is -0.266. The number of carboxylic acid groups (broad SMARTS) is 1. The molecule has 0 aliphatic carbocycles. The van der Waals surface area contributed by atoms with Crippen LogP contribution in [0.1, 0.15) is 11.5 Å². The van der Waals surface area contributed by atoms with Crippen LogP contribution in [0.2, 0.25) is 0 Å². The number of aliphatic hydroxyl groups is 1. The lowest BCUT2D eigenvalue weighted by molar-refractivity contribution is -0.146. The maximum absolute atomic E-state index is 11.9. The van der Waals surface area contributed by atoms with Crippen molar-refractivity contribution in [2.45, 2.75) is 16.9 Å². The fourth-order valence-corrected chi connectivity index (χ4v) is 3.02. The molecule has 0 spiro atoms. The van der Waals surface area contributed by atoms with E-state index in [1.165, 1.54) is 0 Å². The summed E-state index contributed by atoms with van der Waals surface area (Å²) in [7, 11) is 0. The number of aliphatic carboxylic acids is 1. The van der Waals surface area contributed by atoms with Crippen molar-refractivity contribution in [1.82, 2.24) is 5.32 Å². The van der Waals surface area contributed by atoms with Crippen LogP contribution in [0.15, 0.2) is 29.2 Å². The Bertz CT molecular complexity index is 477. The lowest BCUT2D eigenvalue weighted by Gasteiger charge is -2.12. The van der Waals surface area contributed by atoms with Crippen LogP contribution >= 0.6 is 11.8 Å². The predicted octanol–water partition coefficient (Wildman–Crippen LogP) is 0.438. The van der Waals surface area contributed by atoms with Crippen LogP contribution < -0.4 is 5.32 Å². The lowest BCUT2D eigenvalue weighted by Crippen LogP contribution is -2.38. The fourth-order valence-electron chi connectivity index (χ4n) is 1.79. The number of hydrogen-bond donors (Lipinski definition) is 3. The van der Waals surface area contributed by atoms with E-state index < -0.39 is 12.1 Å². The number of carboxylic acids is 1. The first-order chi connectivity index (χ1) is 8.59. The zero-order valence-corrected chi connectivity index (χ0v) is 10.3. The van der Waals surface area contributed by atoms with Crippen molar-refractivity contribution < 1.29 is 19.8 Å². The molecule has 0 fully saturated rings. The third-order valence-corrected chi connectivity index (χ3v) is 3.95. The first kappa shape index (κ1) is 12.9. The highest BCUT2D eigenvalue weighted by Gasteiger charge is 2.29. The SMILES string of the molecule is O=C(O)C(O)CNC(=O)C1CSc2ccccc21. The Morgan fingerprint density at radius 2 is 2.17 bits per heavy atom. The summed E-state index contributed by atoms with van der Waals surface area (Å²) in [5, 5.41) is 20.1. The van der Waals surface area contributed by atoms with Crippen molar-refractivity contribution in [3.05, 3.63) is 29.8 Å². The van der Waals surface area contributed by atoms with E-state index in [1.54, 1.807) is 11.8 Å². The molecule has 2 rings (SSSR count). The van der Waals surface area contributed by atoms with Crippen LogP contribution in [0.4, 0.5) is 0 Å².